The highest BCUT2D eigenvalue weighted by atomic mass is 32.2. The van der Waals surface area contributed by atoms with Crippen LogP contribution in [0.25, 0.3) is 0 Å². The molecule has 1 N–H and O–H groups in total. The van der Waals surface area contributed by atoms with Crippen molar-refractivity contribution in [3.8, 4) is 5.75 Å². The molecule has 0 saturated carbocycles. The predicted octanol–water partition coefficient (Wildman–Crippen LogP) is 2.84. The molecule has 0 aliphatic carbocycles. The third kappa shape index (κ3) is 4.25. The molecule has 0 atom stereocenters. The lowest BCUT2D eigenvalue weighted by molar-refractivity contribution is -0.118. The number of sulfone groups is 1. The number of halogens is 3. The first-order valence-electron chi connectivity index (χ1n) is 6.60. The van der Waals surface area contributed by atoms with E-state index in [1.54, 1.807) is 6.07 Å². The maximum atomic E-state index is 13.3. The molecule has 0 unspecified atom stereocenters. The van der Waals surface area contributed by atoms with Crippen molar-refractivity contribution in [2.75, 3.05) is 11.9 Å². The topological polar surface area (TPSA) is 72.5 Å². The lowest BCUT2D eigenvalue weighted by Gasteiger charge is -2.09. The van der Waals surface area contributed by atoms with Crippen molar-refractivity contribution in [1.82, 2.24) is 0 Å². The first-order valence-corrected chi connectivity index (χ1v) is 8.14. The quantitative estimate of drug-likeness (QED) is 0.861. The molecule has 0 heterocycles. The van der Waals surface area contributed by atoms with Gasteiger partial charge in [-0.2, -0.15) is 8.78 Å². The van der Waals surface area contributed by atoms with Crippen LogP contribution in [0.4, 0.5) is 18.9 Å². The Morgan fingerprint density at radius 3 is 2.29 bits per heavy atom. The number of ether oxygens (including phenoxy) is 1. The van der Waals surface area contributed by atoms with Gasteiger partial charge < -0.3 is 10.1 Å². The lowest BCUT2D eigenvalue weighted by atomic mass is 10.3. The second-order valence-corrected chi connectivity index (χ2v) is 6.52. The molecule has 2 aromatic carbocycles. The molecule has 24 heavy (non-hydrogen) atoms. The summed E-state index contributed by atoms with van der Waals surface area (Å²) in [5, 5.41) is 2.37. The molecule has 0 aromatic heterocycles. The zero-order valence-electron chi connectivity index (χ0n) is 12.1. The molecule has 0 aliphatic rings. The number of hydrogen-bond donors (Lipinski definition) is 1. The average Bonchev–Trinajstić information content (AvgIpc) is 2.54. The standard InChI is InChI=1S/C15H12F3NO4S/c16-12-3-1-2-4-13(12)23-9-14(20)19-10-5-7-11(8-6-10)24(21,22)15(17)18/h1-8,15H,9H2,(H,19,20). The number of carbonyl (C=O) groups is 1. The van der Waals surface area contributed by atoms with Gasteiger partial charge in [0, 0.05) is 5.69 Å². The molecule has 9 heteroatoms. The Labute approximate surface area is 136 Å². The van der Waals surface area contributed by atoms with Crippen LogP contribution in [0, 0.1) is 5.82 Å². The fraction of sp³-hybridized carbons (Fsp3) is 0.133. The van der Waals surface area contributed by atoms with Gasteiger partial charge in [0.05, 0.1) is 4.90 Å². The molecule has 1 amide bonds. The summed E-state index contributed by atoms with van der Waals surface area (Å²) in [7, 11) is -4.69. The number of benzene rings is 2. The third-order valence-corrected chi connectivity index (χ3v) is 4.29. The van der Waals surface area contributed by atoms with E-state index < -0.39 is 38.8 Å². The molecule has 5 nitrogen and oxygen atoms in total. The van der Waals surface area contributed by atoms with Crippen LogP contribution in [-0.2, 0) is 14.6 Å². The van der Waals surface area contributed by atoms with E-state index in [4.69, 9.17) is 4.74 Å². The molecule has 0 fully saturated rings. The SMILES string of the molecule is O=C(COc1ccccc1F)Nc1ccc(S(=O)(=O)C(F)F)cc1. The lowest BCUT2D eigenvalue weighted by Crippen LogP contribution is -2.20. The van der Waals surface area contributed by atoms with E-state index in [9.17, 15) is 26.4 Å². The molecular formula is C15H12F3NO4S. The maximum Gasteiger partial charge on any atom is 0.341 e. The number of para-hydroxylation sites is 1. The summed E-state index contributed by atoms with van der Waals surface area (Å²) in [6.07, 6.45) is 0. The Morgan fingerprint density at radius 1 is 1.08 bits per heavy atom. The van der Waals surface area contributed by atoms with E-state index in [1.807, 2.05) is 0 Å². The monoisotopic (exact) mass is 359 g/mol. The number of alkyl halides is 2. The minimum Gasteiger partial charge on any atom is -0.481 e. The van der Waals surface area contributed by atoms with Crippen LogP contribution in [0.2, 0.25) is 0 Å². The fourth-order valence-corrected chi connectivity index (χ4v) is 2.45. The van der Waals surface area contributed by atoms with Crippen LogP contribution in [0.5, 0.6) is 5.75 Å². The second-order valence-electron chi connectivity index (χ2n) is 4.60. The Balaban J connectivity index is 1.96. The van der Waals surface area contributed by atoms with Gasteiger partial charge in [-0.15, -0.1) is 0 Å². The van der Waals surface area contributed by atoms with Gasteiger partial charge in [-0.25, -0.2) is 12.8 Å². The van der Waals surface area contributed by atoms with Crippen molar-refractivity contribution in [2.24, 2.45) is 0 Å². The van der Waals surface area contributed by atoms with Gasteiger partial charge in [0.25, 0.3) is 5.91 Å². The fourth-order valence-electron chi connectivity index (χ4n) is 1.73. The second kappa shape index (κ2) is 7.35. The van der Waals surface area contributed by atoms with Crippen molar-refractivity contribution in [2.45, 2.75) is 10.7 Å². The molecule has 0 spiro atoms. The molecule has 0 radical (unpaired) electrons. The summed E-state index contributed by atoms with van der Waals surface area (Å²) in [5.41, 5.74) is 0.186. The largest absolute Gasteiger partial charge is 0.481 e. The summed E-state index contributed by atoms with van der Waals surface area (Å²) in [6, 6.07) is 9.77. The van der Waals surface area contributed by atoms with Crippen LogP contribution in [-0.4, -0.2) is 26.7 Å². The Hall–Kier alpha value is -2.55. The van der Waals surface area contributed by atoms with Gasteiger partial charge in [-0.3, -0.25) is 4.79 Å². The van der Waals surface area contributed by atoms with Crippen molar-refractivity contribution in [1.29, 1.82) is 0 Å². The van der Waals surface area contributed by atoms with Crippen LogP contribution >= 0.6 is 0 Å². The van der Waals surface area contributed by atoms with E-state index in [-0.39, 0.29) is 11.4 Å². The van der Waals surface area contributed by atoms with E-state index in [2.05, 4.69) is 5.32 Å². The summed E-state index contributed by atoms with van der Waals surface area (Å²) in [4.78, 5) is 11.1. The molecular weight excluding hydrogens is 347 g/mol. The van der Waals surface area contributed by atoms with Crippen molar-refractivity contribution < 1.29 is 31.1 Å². The zero-order chi connectivity index (χ0) is 17.7. The first-order chi connectivity index (χ1) is 11.3. The summed E-state index contributed by atoms with van der Waals surface area (Å²) < 4.78 is 65.6. The molecule has 2 rings (SSSR count). The molecule has 0 aliphatic heterocycles. The average molecular weight is 359 g/mol. The minimum atomic E-state index is -4.69. The van der Waals surface area contributed by atoms with E-state index in [0.29, 0.717) is 0 Å². The van der Waals surface area contributed by atoms with Crippen LogP contribution in [0.15, 0.2) is 53.4 Å². The van der Waals surface area contributed by atoms with Crippen molar-refractivity contribution in [3.63, 3.8) is 0 Å². The van der Waals surface area contributed by atoms with Gasteiger partial charge in [0.1, 0.15) is 0 Å². The zero-order valence-corrected chi connectivity index (χ0v) is 12.9. The highest BCUT2D eigenvalue weighted by Gasteiger charge is 2.26. The number of anilines is 1. The minimum absolute atomic E-state index is 0.0916. The van der Waals surface area contributed by atoms with E-state index in [0.717, 1.165) is 24.3 Å². The van der Waals surface area contributed by atoms with Gasteiger partial charge in [-0.05, 0) is 36.4 Å². The number of carbonyl (C=O) groups excluding carboxylic acids is 1. The van der Waals surface area contributed by atoms with Gasteiger partial charge in [0.2, 0.25) is 9.84 Å². The number of amides is 1. The Kier molecular flexibility index (Phi) is 5.45. The first kappa shape index (κ1) is 17.8. The van der Waals surface area contributed by atoms with Crippen molar-refractivity contribution >= 4 is 21.4 Å². The number of nitrogens with one attached hydrogen (secondary N) is 1. The van der Waals surface area contributed by atoms with E-state index in [1.165, 1.54) is 18.2 Å². The van der Waals surface area contributed by atoms with Crippen LogP contribution in [0.1, 0.15) is 0 Å². The summed E-state index contributed by atoms with van der Waals surface area (Å²) in [6.45, 7) is -0.474. The smallest absolute Gasteiger partial charge is 0.341 e. The predicted molar refractivity (Wildman–Crippen MR) is 80.2 cm³/mol. The van der Waals surface area contributed by atoms with Gasteiger partial charge in [-0.1, -0.05) is 12.1 Å². The summed E-state index contributed by atoms with van der Waals surface area (Å²) >= 11 is 0. The summed E-state index contributed by atoms with van der Waals surface area (Å²) in [5.74, 6) is -4.85. The van der Waals surface area contributed by atoms with Crippen LogP contribution in [0.3, 0.4) is 0 Å². The highest BCUT2D eigenvalue weighted by Crippen LogP contribution is 2.20. The van der Waals surface area contributed by atoms with E-state index >= 15 is 0 Å². The third-order valence-electron chi connectivity index (χ3n) is 2.90. The molecule has 0 saturated heterocycles. The normalized spacial score (nSPS) is 11.3. The number of rotatable bonds is 6. The molecule has 2 aromatic rings. The van der Waals surface area contributed by atoms with Crippen LogP contribution < -0.4 is 10.1 Å². The Bertz CT molecular complexity index is 823. The van der Waals surface area contributed by atoms with Gasteiger partial charge >= 0.3 is 5.76 Å². The van der Waals surface area contributed by atoms with Crippen molar-refractivity contribution in [3.05, 3.63) is 54.3 Å². The highest BCUT2D eigenvalue weighted by molar-refractivity contribution is 7.91. The maximum absolute atomic E-state index is 13.3. The van der Waals surface area contributed by atoms with Gasteiger partial charge in [0.15, 0.2) is 18.2 Å². The Morgan fingerprint density at radius 2 is 1.71 bits per heavy atom. The molecule has 128 valence electrons. The number of hydrogen-bond acceptors (Lipinski definition) is 4. The molecule has 0 bridgehead atoms.